The first-order valence-electron chi connectivity index (χ1n) is 9.63. The lowest BCUT2D eigenvalue weighted by Crippen LogP contribution is -2.53. The second kappa shape index (κ2) is 4.18. The molecule has 0 N–H and O–H groups in total. The highest BCUT2D eigenvalue weighted by molar-refractivity contribution is 5.87. The predicted octanol–water partition coefficient (Wildman–Crippen LogP) is 4.37. The standard InChI is InChI=1S/C20H30O2/c1-18-8-5-14-13(15(18)7-10-20(11-18)12-22-20)6-9-19(2)16(14)3-4-17(19)21/h13-16H,3-12H2,1-2H3. The molecule has 7 atom stereocenters. The minimum atomic E-state index is 0.0460. The molecule has 0 bridgehead atoms. The minimum absolute atomic E-state index is 0.0460. The van der Waals surface area contributed by atoms with Crippen molar-refractivity contribution in [1.82, 2.24) is 0 Å². The van der Waals surface area contributed by atoms with Gasteiger partial charge in [-0.3, -0.25) is 4.79 Å². The maximum Gasteiger partial charge on any atom is 0.139 e. The molecule has 7 unspecified atom stereocenters. The van der Waals surface area contributed by atoms with Crippen molar-refractivity contribution < 1.29 is 9.53 Å². The average molecular weight is 302 g/mol. The molecule has 0 aromatic rings. The number of hydrogen-bond acceptors (Lipinski definition) is 2. The van der Waals surface area contributed by atoms with E-state index in [1.807, 2.05) is 0 Å². The van der Waals surface area contributed by atoms with Crippen LogP contribution in [0.5, 0.6) is 0 Å². The van der Waals surface area contributed by atoms with Crippen LogP contribution in [0.4, 0.5) is 0 Å². The van der Waals surface area contributed by atoms with Gasteiger partial charge in [0.2, 0.25) is 0 Å². The summed E-state index contributed by atoms with van der Waals surface area (Å²) in [5.41, 5.74) is 0.862. The summed E-state index contributed by atoms with van der Waals surface area (Å²) in [7, 11) is 0. The van der Waals surface area contributed by atoms with Crippen molar-refractivity contribution in [2.75, 3.05) is 6.61 Å². The molecule has 122 valence electrons. The zero-order chi connectivity index (χ0) is 15.2. The Morgan fingerprint density at radius 2 is 1.68 bits per heavy atom. The molecule has 2 heteroatoms. The molecule has 0 radical (unpaired) electrons. The van der Waals surface area contributed by atoms with E-state index >= 15 is 0 Å². The zero-order valence-corrected chi connectivity index (χ0v) is 14.2. The molecule has 4 saturated carbocycles. The van der Waals surface area contributed by atoms with Crippen molar-refractivity contribution in [1.29, 1.82) is 0 Å². The number of carbonyl (C=O) groups is 1. The fraction of sp³-hybridized carbons (Fsp3) is 0.950. The molecule has 1 heterocycles. The highest BCUT2D eigenvalue weighted by Gasteiger charge is 2.62. The van der Waals surface area contributed by atoms with E-state index in [1.54, 1.807) is 0 Å². The molecule has 1 saturated heterocycles. The van der Waals surface area contributed by atoms with Crippen molar-refractivity contribution in [3.8, 4) is 0 Å². The van der Waals surface area contributed by atoms with E-state index in [9.17, 15) is 4.79 Å². The van der Waals surface area contributed by atoms with Gasteiger partial charge >= 0.3 is 0 Å². The first-order valence-corrected chi connectivity index (χ1v) is 9.63. The second-order valence-corrected chi connectivity index (χ2v) is 9.84. The Kier molecular flexibility index (Phi) is 2.66. The average Bonchev–Trinajstić information content (AvgIpc) is 3.15. The van der Waals surface area contributed by atoms with Gasteiger partial charge in [0.05, 0.1) is 12.2 Å². The Morgan fingerprint density at radius 3 is 2.45 bits per heavy atom. The lowest BCUT2D eigenvalue weighted by Gasteiger charge is -2.58. The van der Waals surface area contributed by atoms with Crippen LogP contribution in [0, 0.1) is 34.5 Å². The predicted molar refractivity (Wildman–Crippen MR) is 85.4 cm³/mol. The number of carbonyl (C=O) groups excluding carboxylic acids is 1. The SMILES string of the molecule is CC12CCC3C(CCC4(C)C(=O)CCC34)C1CCC1(CO1)C2. The second-order valence-electron chi connectivity index (χ2n) is 9.84. The van der Waals surface area contributed by atoms with Gasteiger partial charge in [0.1, 0.15) is 5.78 Å². The van der Waals surface area contributed by atoms with Crippen LogP contribution in [0.3, 0.4) is 0 Å². The molecule has 1 spiro atoms. The van der Waals surface area contributed by atoms with Crippen LogP contribution in [0.25, 0.3) is 0 Å². The third-order valence-corrected chi connectivity index (χ3v) is 8.85. The summed E-state index contributed by atoms with van der Waals surface area (Å²) in [4.78, 5) is 12.4. The summed E-state index contributed by atoms with van der Waals surface area (Å²) < 4.78 is 5.84. The molecular weight excluding hydrogens is 272 g/mol. The number of ether oxygens (including phenoxy) is 1. The molecule has 0 amide bonds. The fourth-order valence-electron chi connectivity index (χ4n) is 7.57. The molecule has 5 fully saturated rings. The van der Waals surface area contributed by atoms with Crippen LogP contribution >= 0.6 is 0 Å². The van der Waals surface area contributed by atoms with E-state index < -0.39 is 0 Å². The lowest BCUT2D eigenvalue weighted by molar-refractivity contribution is -0.137. The van der Waals surface area contributed by atoms with Crippen LogP contribution in [-0.4, -0.2) is 18.0 Å². The number of Topliss-reactive ketones (excluding diaryl/α,β-unsaturated/α-hetero) is 1. The lowest BCUT2D eigenvalue weighted by atomic mass is 9.46. The Bertz CT molecular complexity index is 522. The van der Waals surface area contributed by atoms with Gasteiger partial charge in [-0.2, -0.15) is 0 Å². The van der Waals surface area contributed by atoms with Crippen LogP contribution < -0.4 is 0 Å². The third-order valence-electron chi connectivity index (χ3n) is 8.85. The largest absolute Gasteiger partial charge is 0.370 e. The topological polar surface area (TPSA) is 29.6 Å². The van der Waals surface area contributed by atoms with Crippen molar-refractivity contribution in [3.63, 3.8) is 0 Å². The summed E-state index contributed by atoms with van der Waals surface area (Å²) >= 11 is 0. The van der Waals surface area contributed by atoms with Gasteiger partial charge in [0, 0.05) is 11.8 Å². The molecule has 5 rings (SSSR count). The van der Waals surface area contributed by atoms with Crippen molar-refractivity contribution in [3.05, 3.63) is 0 Å². The van der Waals surface area contributed by atoms with Crippen molar-refractivity contribution >= 4 is 5.78 Å². The summed E-state index contributed by atoms with van der Waals surface area (Å²) in [6.07, 6.45) is 11.3. The fourth-order valence-corrected chi connectivity index (χ4v) is 7.57. The molecule has 0 aromatic carbocycles. The van der Waals surface area contributed by atoms with Crippen LogP contribution in [0.2, 0.25) is 0 Å². The number of fused-ring (bicyclic) bond motifs is 5. The van der Waals surface area contributed by atoms with E-state index in [-0.39, 0.29) is 5.41 Å². The van der Waals surface area contributed by atoms with E-state index in [1.165, 1.54) is 51.4 Å². The zero-order valence-electron chi connectivity index (χ0n) is 14.2. The summed E-state index contributed by atoms with van der Waals surface area (Å²) in [5.74, 6) is 3.94. The number of hydrogen-bond donors (Lipinski definition) is 0. The van der Waals surface area contributed by atoms with Gasteiger partial charge in [-0.25, -0.2) is 0 Å². The first-order chi connectivity index (χ1) is 10.5. The number of epoxide rings is 1. The quantitative estimate of drug-likeness (QED) is 0.622. The smallest absolute Gasteiger partial charge is 0.139 e. The molecule has 5 aliphatic rings. The molecule has 22 heavy (non-hydrogen) atoms. The summed E-state index contributed by atoms with van der Waals surface area (Å²) in [6.45, 7) is 5.88. The maximum atomic E-state index is 12.4. The Labute approximate surface area is 134 Å². The normalized spacial score (nSPS) is 59.8. The van der Waals surface area contributed by atoms with Crippen LogP contribution in [0.15, 0.2) is 0 Å². The first kappa shape index (κ1) is 14.0. The van der Waals surface area contributed by atoms with Gasteiger partial charge in [-0.15, -0.1) is 0 Å². The van der Waals surface area contributed by atoms with Crippen molar-refractivity contribution in [2.45, 2.75) is 77.2 Å². The minimum Gasteiger partial charge on any atom is -0.370 e. The molecule has 2 nitrogen and oxygen atoms in total. The molecule has 4 aliphatic carbocycles. The van der Waals surface area contributed by atoms with E-state index in [0.717, 1.165) is 30.8 Å². The Hall–Kier alpha value is -0.370. The monoisotopic (exact) mass is 302 g/mol. The summed E-state index contributed by atoms with van der Waals surface area (Å²) in [6, 6.07) is 0. The van der Waals surface area contributed by atoms with Gasteiger partial charge in [0.15, 0.2) is 0 Å². The highest BCUT2D eigenvalue weighted by Crippen LogP contribution is 2.66. The molecule has 1 aliphatic heterocycles. The highest BCUT2D eigenvalue weighted by atomic mass is 16.6. The van der Waals surface area contributed by atoms with E-state index in [2.05, 4.69) is 13.8 Å². The van der Waals surface area contributed by atoms with Gasteiger partial charge in [-0.1, -0.05) is 13.8 Å². The van der Waals surface area contributed by atoms with Crippen LogP contribution in [0.1, 0.15) is 71.6 Å². The van der Waals surface area contributed by atoms with Crippen molar-refractivity contribution in [2.24, 2.45) is 34.5 Å². The Morgan fingerprint density at radius 1 is 0.955 bits per heavy atom. The van der Waals surface area contributed by atoms with Crippen LogP contribution in [-0.2, 0) is 9.53 Å². The third kappa shape index (κ3) is 1.68. The van der Waals surface area contributed by atoms with Gasteiger partial charge in [-0.05, 0) is 80.5 Å². The van der Waals surface area contributed by atoms with E-state index in [4.69, 9.17) is 4.74 Å². The molecular formula is C20H30O2. The number of rotatable bonds is 0. The maximum absolute atomic E-state index is 12.4. The Balaban J connectivity index is 1.44. The van der Waals surface area contributed by atoms with Gasteiger partial charge < -0.3 is 4.74 Å². The summed E-state index contributed by atoms with van der Waals surface area (Å²) in [5, 5.41) is 0. The number of ketones is 1. The molecule has 0 aromatic heterocycles. The van der Waals surface area contributed by atoms with Gasteiger partial charge in [0.25, 0.3) is 0 Å². The van der Waals surface area contributed by atoms with E-state index in [0.29, 0.717) is 22.7 Å².